The van der Waals surface area contributed by atoms with E-state index in [2.05, 4.69) is 25.1 Å². The van der Waals surface area contributed by atoms with E-state index in [4.69, 9.17) is 0 Å². The molecule has 23 heavy (non-hydrogen) atoms. The van der Waals surface area contributed by atoms with E-state index in [0.29, 0.717) is 21.7 Å². The Balaban J connectivity index is 1.83. The van der Waals surface area contributed by atoms with Gasteiger partial charge in [0.25, 0.3) is 0 Å². The summed E-state index contributed by atoms with van der Waals surface area (Å²) in [5.41, 5.74) is -0.241. The van der Waals surface area contributed by atoms with Gasteiger partial charge < -0.3 is 4.57 Å². The molecular weight excluding hydrogens is 329 g/mol. The molecule has 0 aliphatic rings. The van der Waals surface area contributed by atoms with Gasteiger partial charge in [-0.15, -0.1) is 10.2 Å². The van der Waals surface area contributed by atoms with Crippen molar-refractivity contribution in [1.29, 1.82) is 0 Å². The lowest BCUT2D eigenvalue weighted by Gasteiger charge is -2.06. The van der Waals surface area contributed by atoms with E-state index >= 15 is 0 Å². The van der Waals surface area contributed by atoms with Crippen LogP contribution in [0.2, 0.25) is 0 Å². The zero-order valence-corrected chi connectivity index (χ0v) is 12.5. The fraction of sp³-hybridized carbons (Fsp3) is 0.154. The standard InChI is InChI=1S/C13H9F3N6S/c1-22-11(9-7-17-4-5-18-9)20-21-12(22)23-10-3-2-8(6-19-10)13(14,15)16/h2-7H,1H3. The van der Waals surface area contributed by atoms with Gasteiger partial charge in [0, 0.05) is 25.6 Å². The molecule has 0 fully saturated rings. The van der Waals surface area contributed by atoms with E-state index in [1.165, 1.54) is 12.3 Å². The molecule has 0 saturated heterocycles. The van der Waals surface area contributed by atoms with Crippen LogP contribution in [0.4, 0.5) is 13.2 Å². The number of rotatable bonds is 3. The SMILES string of the molecule is Cn1c(Sc2ccc(C(F)(F)F)cn2)nnc1-c1cnccn1. The van der Waals surface area contributed by atoms with Crippen LogP contribution in [0.3, 0.4) is 0 Å². The summed E-state index contributed by atoms with van der Waals surface area (Å²) in [5, 5.41) is 8.90. The Hall–Kier alpha value is -2.49. The van der Waals surface area contributed by atoms with Gasteiger partial charge in [0.15, 0.2) is 11.0 Å². The third-order valence-corrected chi connectivity index (χ3v) is 3.88. The summed E-state index contributed by atoms with van der Waals surface area (Å²) in [6, 6.07) is 2.28. The predicted octanol–water partition coefficient (Wildman–Crippen LogP) is 2.84. The Bertz CT molecular complexity index is 801. The van der Waals surface area contributed by atoms with E-state index in [-0.39, 0.29) is 0 Å². The first-order chi connectivity index (χ1) is 10.9. The van der Waals surface area contributed by atoms with E-state index in [1.807, 2.05) is 0 Å². The van der Waals surface area contributed by atoms with E-state index in [9.17, 15) is 13.2 Å². The highest BCUT2D eigenvalue weighted by atomic mass is 32.2. The minimum Gasteiger partial charge on any atom is -0.303 e. The predicted molar refractivity (Wildman–Crippen MR) is 75.4 cm³/mol. The number of pyridine rings is 1. The second-order valence-electron chi connectivity index (χ2n) is 4.44. The van der Waals surface area contributed by atoms with Crippen molar-refractivity contribution in [2.45, 2.75) is 16.4 Å². The number of hydrogen-bond acceptors (Lipinski definition) is 6. The van der Waals surface area contributed by atoms with Crippen LogP contribution in [0.25, 0.3) is 11.5 Å². The molecule has 0 aromatic carbocycles. The fourth-order valence-electron chi connectivity index (χ4n) is 1.74. The van der Waals surface area contributed by atoms with Gasteiger partial charge in [-0.05, 0) is 23.9 Å². The average molecular weight is 338 g/mol. The van der Waals surface area contributed by atoms with Gasteiger partial charge in [0.2, 0.25) is 0 Å². The maximum atomic E-state index is 12.5. The smallest absolute Gasteiger partial charge is 0.303 e. The minimum absolute atomic E-state index is 0.388. The van der Waals surface area contributed by atoms with Crippen molar-refractivity contribution in [1.82, 2.24) is 29.7 Å². The quantitative estimate of drug-likeness (QED) is 0.731. The highest BCUT2D eigenvalue weighted by Gasteiger charge is 2.30. The van der Waals surface area contributed by atoms with Crippen molar-refractivity contribution in [2.75, 3.05) is 0 Å². The summed E-state index contributed by atoms with van der Waals surface area (Å²) in [6.07, 6.45) is 1.02. The molecule has 3 heterocycles. The molecule has 0 N–H and O–H groups in total. The van der Waals surface area contributed by atoms with Gasteiger partial charge in [-0.1, -0.05) is 0 Å². The first-order valence-electron chi connectivity index (χ1n) is 6.32. The molecule has 10 heteroatoms. The molecule has 0 atom stereocenters. The van der Waals surface area contributed by atoms with Gasteiger partial charge >= 0.3 is 6.18 Å². The first kappa shape index (κ1) is 15.4. The maximum Gasteiger partial charge on any atom is 0.417 e. The first-order valence-corrected chi connectivity index (χ1v) is 7.13. The molecule has 0 aliphatic heterocycles. The van der Waals surface area contributed by atoms with Crippen LogP contribution in [0, 0.1) is 0 Å². The van der Waals surface area contributed by atoms with Crippen LogP contribution in [-0.2, 0) is 13.2 Å². The average Bonchev–Trinajstić information content (AvgIpc) is 2.89. The normalized spacial score (nSPS) is 11.7. The molecule has 0 saturated carbocycles. The molecule has 3 aromatic heterocycles. The minimum atomic E-state index is -4.40. The van der Waals surface area contributed by atoms with Crippen molar-refractivity contribution in [3.63, 3.8) is 0 Å². The Morgan fingerprint density at radius 1 is 1.04 bits per heavy atom. The van der Waals surface area contributed by atoms with Gasteiger partial charge in [-0.3, -0.25) is 4.98 Å². The molecule has 118 valence electrons. The molecule has 0 bridgehead atoms. The van der Waals surface area contributed by atoms with Gasteiger partial charge in [-0.25, -0.2) is 9.97 Å². The van der Waals surface area contributed by atoms with Gasteiger partial charge in [0.05, 0.1) is 11.8 Å². The van der Waals surface area contributed by atoms with Gasteiger partial charge in [-0.2, -0.15) is 13.2 Å². The molecule has 0 unspecified atom stereocenters. The number of alkyl halides is 3. The van der Waals surface area contributed by atoms with Crippen LogP contribution < -0.4 is 0 Å². The second-order valence-corrected chi connectivity index (χ2v) is 5.43. The maximum absolute atomic E-state index is 12.5. The number of halogens is 3. The zero-order chi connectivity index (χ0) is 16.4. The third-order valence-electron chi connectivity index (χ3n) is 2.89. The molecule has 0 amide bonds. The summed E-state index contributed by atoms with van der Waals surface area (Å²) in [7, 11) is 1.73. The highest BCUT2D eigenvalue weighted by Crippen LogP contribution is 2.31. The molecule has 6 nitrogen and oxygen atoms in total. The van der Waals surface area contributed by atoms with Crippen molar-refractivity contribution >= 4 is 11.8 Å². The van der Waals surface area contributed by atoms with Crippen molar-refractivity contribution in [3.8, 4) is 11.5 Å². The second kappa shape index (κ2) is 5.95. The van der Waals surface area contributed by atoms with E-state index < -0.39 is 11.7 Å². The number of nitrogens with zero attached hydrogens (tertiary/aromatic N) is 6. The number of hydrogen-bond donors (Lipinski definition) is 0. The molecule has 0 spiro atoms. The Labute approximate surface area is 132 Å². The van der Waals surface area contributed by atoms with Crippen LogP contribution in [0.15, 0.2) is 47.1 Å². The van der Waals surface area contributed by atoms with Gasteiger partial charge in [0.1, 0.15) is 10.7 Å². The van der Waals surface area contributed by atoms with Crippen molar-refractivity contribution in [3.05, 3.63) is 42.5 Å². The third kappa shape index (κ3) is 3.31. The lowest BCUT2D eigenvalue weighted by molar-refractivity contribution is -0.137. The zero-order valence-electron chi connectivity index (χ0n) is 11.7. The van der Waals surface area contributed by atoms with Crippen LogP contribution in [0.5, 0.6) is 0 Å². The topological polar surface area (TPSA) is 69.4 Å². The summed E-state index contributed by atoms with van der Waals surface area (Å²) in [5.74, 6) is 0.507. The summed E-state index contributed by atoms with van der Waals surface area (Å²) >= 11 is 1.11. The lowest BCUT2D eigenvalue weighted by Crippen LogP contribution is -2.05. The van der Waals surface area contributed by atoms with E-state index in [0.717, 1.165) is 24.0 Å². The number of aromatic nitrogens is 6. The Kier molecular flexibility index (Phi) is 3.99. The Morgan fingerprint density at radius 3 is 2.48 bits per heavy atom. The lowest BCUT2D eigenvalue weighted by atomic mass is 10.3. The van der Waals surface area contributed by atoms with Crippen LogP contribution in [-0.4, -0.2) is 29.7 Å². The van der Waals surface area contributed by atoms with Crippen LogP contribution in [0.1, 0.15) is 5.56 Å². The summed E-state index contributed by atoms with van der Waals surface area (Å²) in [4.78, 5) is 11.9. The summed E-state index contributed by atoms with van der Waals surface area (Å²) in [6.45, 7) is 0. The highest BCUT2D eigenvalue weighted by molar-refractivity contribution is 7.99. The molecule has 0 radical (unpaired) electrons. The van der Waals surface area contributed by atoms with Crippen molar-refractivity contribution < 1.29 is 13.2 Å². The molecule has 3 aromatic rings. The molecule has 0 aliphatic carbocycles. The fourth-order valence-corrected chi connectivity index (χ4v) is 2.48. The van der Waals surface area contributed by atoms with Crippen molar-refractivity contribution in [2.24, 2.45) is 7.05 Å². The van der Waals surface area contributed by atoms with Crippen LogP contribution >= 0.6 is 11.8 Å². The largest absolute Gasteiger partial charge is 0.417 e. The molecule has 3 rings (SSSR count). The monoisotopic (exact) mass is 338 g/mol. The Morgan fingerprint density at radius 2 is 1.87 bits per heavy atom. The summed E-state index contributed by atoms with van der Waals surface area (Å²) < 4.78 is 39.2. The van der Waals surface area contributed by atoms with E-state index in [1.54, 1.807) is 24.0 Å². The molecular formula is C13H9F3N6S.